The summed E-state index contributed by atoms with van der Waals surface area (Å²) in [5, 5.41) is 0. The van der Waals surface area contributed by atoms with Gasteiger partial charge in [-0.05, 0) is 43.7 Å². The third kappa shape index (κ3) is 5.13. The fraction of sp³-hybridized carbons (Fsp3) is 0.300. The second kappa shape index (κ2) is 9.47. The summed E-state index contributed by atoms with van der Waals surface area (Å²) in [6.45, 7) is 4.42. The van der Waals surface area contributed by atoms with Crippen LogP contribution in [-0.2, 0) is 0 Å². The Morgan fingerprint density at radius 2 is 1.56 bits per heavy atom. The number of ether oxygens (including phenoxy) is 3. The lowest BCUT2D eigenvalue weighted by Gasteiger charge is -2.13. The molecule has 2 rings (SSSR count). The molecule has 2 N–H and O–H groups in total. The lowest BCUT2D eigenvalue weighted by Crippen LogP contribution is -2.41. The molecule has 0 unspecified atom stereocenters. The molecule has 0 bridgehead atoms. The van der Waals surface area contributed by atoms with Crippen LogP contribution >= 0.6 is 0 Å². The monoisotopic (exact) mass is 372 g/mol. The maximum Gasteiger partial charge on any atom is 0.273 e. The van der Waals surface area contributed by atoms with Crippen molar-refractivity contribution in [3.63, 3.8) is 0 Å². The van der Waals surface area contributed by atoms with E-state index in [0.29, 0.717) is 35.0 Å². The van der Waals surface area contributed by atoms with E-state index < -0.39 is 11.8 Å². The Hall–Kier alpha value is -3.22. The summed E-state index contributed by atoms with van der Waals surface area (Å²) >= 11 is 0. The van der Waals surface area contributed by atoms with Gasteiger partial charge in [0, 0.05) is 5.56 Å². The van der Waals surface area contributed by atoms with Gasteiger partial charge in [0.05, 0.1) is 26.4 Å². The van der Waals surface area contributed by atoms with Crippen LogP contribution in [0.5, 0.6) is 17.2 Å². The summed E-state index contributed by atoms with van der Waals surface area (Å²) in [6.07, 6.45) is 0.861. The first-order chi connectivity index (χ1) is 13.0. The molecule has 0 saturated carbocycles. The summed E-state index contributed by atoms with van der Waals surface area (Å²) in [6, 6.07) is 10.0. The first-order valence-electron chi connectivity index (χ1n) is 8.56. The van der Waals surface area contributed by atoms with Gasteiger partial charge < -0.3 is 14.2 Å². The molecule has 144 valence electrons. The van der Waals surface area contributed by atoms with Crippen molar-refractivity contribution in [2.75, 3.05) is 20.8 Å². The van der Waals surface area contributed by atoms with Crippen molar-refractivity contribution in [1.29, 1.82) is 0 Å². The van der Waals surface area contributed by atoms with E-state index in [1.165, 1.54) is 14.2 Å². The molecule has 0 spiro atoms. The Bertz CT molecular complexity index is 820. The molecule has 0 heterocycles. The first kappa shape index (κ1) is 20.1. The molecule has 27 heavy (non-hydrogen) atoms. The molecule has 7 heteroatoms. The van der Waals surface area contributed by atoms with Crippen LogP contribution in [-0.4, -0.2) is 32.6 Å². The van der Waals surface area contributed by atoms with Crippen molar-refractivity contribution >= 4 is 11.8 Å². The Kier molecular flexibility index (Phi) is 7.05. The average molecular weight is 372 g/mol. The molecule has 2 aromatic rings. The molecule has 0 aromatic heterocycles. The quantitative estimate of drug-likeness (QED) is 0.730. The normalized spacial score (nSPS) is 10.1. The number of methoxy groups -OCH3 is 2. The highest BCUT2D eigenvalue weighted by Gasteiger charge is 2.15. The van der Waals surface area contributed by atoms with E-state index in [0.717, 1.165) is 12.0 Å². The van der Waals surface area contributed by atoms with E-state index in [9.17, 15) is 9.59 Å². The topological polar surface area (TPSA) is 85.9 Å². The average Bonchev–Trinajstić information content (AvgIpc) is 2.69. The maximum absolute atomic E-state index is 12.4. The van der Waals surface area contributed by atoms with E-state index in [1.54, 1.807) is 30.3 Å². The smallest absolute Gasteiger partial charge is 0.273 e. The van der Waals surface area contributed by atoms with Crippen molar-refractivity contribution in [3.05, 3.63) is 53.1 Å². The van der Waals surface area contributed by atoms with Crippen molar-refractivity contribution in [3.8, 4) is 17.2 Å². The summed E-state index contributed by atoms with van der Waals surface area (Å²) in [5.74, 6) is 0.479. The Morgan fingerprint density at radius 3 is 2.22 bits per heavy atom. The highest BCUT2D eigenvalue weighted by atomic mass is 16.5. The number of rotatable bonds is 7. The van der Waals surface area contributed by atoms with Crippen LogP contribution in [0.25, 0.3) is 0 Å². The van der Waals surface area contributed by atoms with Crippen LogP contribution in [0.1, 0.15) is 39.6 Å². The second-order valence-corrected chi connectivity index (χ2v) is 5.83. The lowest BCUT2D eigenvalue weighted by molar-refractivity contribution is 0.0844. The second-order valence-electron chi connectivity index (χ2n) is 5.83. The molecule has 2 amide bonds. The SMILES string of the molecule is CCCOc1ccc(C(=O)NNC(=O)c2cc(C)ccc2OC)cc1OC. The van der Waals surface area contributed by atoms with E-state index in [-0.39, 0.29) is 0 Å². The minimum Gasteiger partial charge on any atom is -0.496 e. The van der Waals surface area contributed by atoms with Gasteiger partial charge in [0.2, 0.25) is 0 Å². The zero-order valence-electron chi connectivity index (χ0n) is 15.9. The number of nitrogens with one attached hydrogen (secondary N) is 2. The predicted octanol–water partition coefficient (Wildman–Crippen LogP) is 2.88. The van der Waals surface area contributed by atoms with Crippen LogP contribution in [0.3, 0.4) is 0 Å². The van der Waals surface area contributed by atoms with Crippen LogP contribution in [0.4, 0.5) is 0 Å². The minimum absolute atomic E-state index is 0.326. The summed E-state index contributed by atoms with van der Waals surface area (Å²) < 4.78 is 16.0. The van der Waals surface area contributed by atoms with Gasteiger partial charge >= 0.3 is 0 Å². The molecule has 7 nitrogen and oxygen atoms in total. The third-order valence-electron chi connectivity index (χ3n) is 3.78. The summed E-state index contributed by atoms with van der Waals surface area (Å²) in [5.41, 5.74) is 6.35. The number of hydrogen-bond donors (Lipinski definition) is 2. The van der Waals surface area contributed by atoms with Crippen molar-refractivity contribution in [1.82, 2.24) is 10.9 Å². The standard InChI is InChI=1S/C20H24N2O5/c1-5-10-27-17-9-7-14(12-18(17)26-4)19(23)21-22-20(24)15-11-13(2)6-8-16(15)25-3/h6-9,11-12H,5,10H2,1-4H3,(H,21,23)(H,22,24). The van der Waals surface area contributed by atoms with Gasteiger partial charge in [-0.15, -0.1) is 0 Å². The number of hydrazine groups is 1. The highest BCUT2D eigenvalue weighted by molar-refractivity contribution is 6.00. The number of carbonyl (C=O) groups excluding carboxylic acids is 2. The molecule has 0 aliphatic carbocycles. The minimum atomic E-state index is -0.477. The number of benzene rings is 2. The van der Waals surface area contributed by atoms with E-state index in [1.807, 2.05) is 19.9 Å². The predicted molar refractivity (Wildman–Crippen MR) is 101 cm³/mol. The molecule has 0 saturated heterocycles. The van der Waals surface area contributed by atoms with Crippen molar-refractivity contribution < 1.29 is 23.8 Å². The van der Waals surface area contributed by atoms with Crippen molar-refractivity contribution in [2.24, 2.45) is 0 Å². The van der Waals surface area contributed by atoms with Gasteiger partial charge in [0.1, 0.15) is 5.75 Å². The van der Waals surface area contributed by atoms with E-state index >= 15 is 0 Å². The van der Waals surface area contributed by atoms with Gasteiger partial charge in [0.15, 0.2) is 11.5 Å². The van der Waals surface area contributed by atoms with Gasteiger partial charge in [-0.25, -0.2) is 0 Å². The van der Waals surface area contributed by atoms with Crippen LogP contribution in [0.2, 0.25) is 0 Å². The molecule has 0 fully saturated rings. The van der Waals surface area contributed by atoms with E-state index in [2.05, 4.69) is 10.9 Å². The zero-order chi connectivity index (χ0) is 19.8. The first-order valence-corrected chi connectivity index (χ1v) is 8.56. The Labute approximate surface area is 158 Å². The fourth-order valence-electron chi connectivity index (χ4n) is 2.39. The molecular formula is C20H24N2O5. The fourth-order valence-corrected chi connectivity index (χ4v) is 2.39. The van der Waals surface area contributed by atoms with Crippen LogP contribution < -0.4 is 25.1 Å². The molecule has 0 aliphatic rings. The highest BCUT2D eigenvalue weighted by Crippen LogP contribution is 2.28. The van der Waals surface area contributed by atoms with Gasteiger partial charge in [0.25, 0.3) is 11.8 Å². The largest absolute Gasteiger partial charge is 0.496 e. The number of aryl methyl sites for hydroxylation is 1. The zero-order valence-corrected chi connectivity index (χ0v) is 15.9. The van der Waals surface area contributed by atoms with Gasteiger partial charge in [-0.2, -0.15) is 0 Å². The van der Waals surface area contributed by atoms with Gasteiger partial charge in [-0.1, -0.05) is 18.6 Å². The van der Waals surface area contributed by atoms with Crippen molar-refractivity contribution in [2.45, 2.75) is 20.3 Å². The molecule has 0 atom stereocenters. The molecular weight excluding hydrogens is 348 g/mol. The lowest BCUT2D eigenvalue weighted by atomic mass is 10.1. The van der Waals surface area contributed by atoms with E-state index in [4.69, 9.17) is 14.2 Å². The number of hydrogen-bond acceptors (Lipinski definition) is 5. The molecule has 0 radical (unpaired) electrons. The maximum atomic E-state index is 12.4. The Balaban J connectivity index is 2.07. The Morgan fingerprint density at radius 1 is 0.889 bits per heavy atom. The third-order valence-corrected chi connectivity index (χ3v) is 3.78. The molecule has 2 aromatic carbocycles. The molecule has 0 aliphatic heterocycles. The summed E-state index contributed by atoms with van der Waals surface area (Å²) in [7, 11) is 2.98. The van der Waals surface area contributed by atoms with Gasteiger partial charge in [-0.3, -0.25) is 20.4 Å². The van der Waals surface area contributed by atoms with Crippen LogP contribution in [0, 0.1) is 6.92 Å². The number of carbonyl (C=O) groups is 2. The summed E-state index contributed by atoms with van der Waals surface area (Å²) in [4.78, 5) is 24.7. The van der Waals surface area contributed by atoms with Crippen LogP contribution in [0.15, 0.2) is 36.4 Å². The number of amides is 2.